The third-order valence-corrected chi connectivity index (χ3v) is 7.13. The minimum atomic E-state index is -0.581. The standard InChI is InChI=1S/C26H21BrClF2NO2/c1-32-23-10-15(9-21(27)26(23)33-13-14-5-7-16(28)8-6-14)24-19-4-2-3-18(19)20-11-17(29)12-22(30)25(20)31-24/h2-3,5-12,18-19,24,31H,4,13H2,1H3/t18-,19+,24+/m1/s1. The molecule has 0 aromatic heterocycles. The van der Waals surface area contributed by atoms with Crippen molar-refractivity contribution >= 4 is 33.2 Å². The Labute approximate surface area is 204 Å². The van der Waals surface area contributed by atoms with Crippen LogP contribution in [0.3, 0.4) is 0 Å². The van der Waals surface area contributed by atoms with Gasteiger partial charge in [-0.15, -0.1) is 0 Å². The highest BCUT2D eigenvalue weighted by molar-refractivity contribution is 9.10. The molecule has 0 spiro atoms. The molecule has 1 heterocycles. The largest absolute Gasteiger partial charge is 0.493 e. The van der Waals surface area contributed by atoms with Crippen molar-refractivity contribution in [2.75, 3.05) is 12.4 Å². The Morgan fingerprint density at radius 1 is 1.12 bits per heavy atom. The summed E-state index contributed by atoms with van der Waals surface area (Å²) in [6.45, 7) is 0.353. The normalized spacial score (nSPS) is 20.7. The first-order chi connectivity index (χ1) is 15.9. The molecule has 1 aliphatic heterocycles. The lowest BCUT2D eigenvalue weighted by molar-refractivity contribution is 0.282. The molecule has 2 aliphatic rings. The van der Waals surface area contributed by atoms with Crippen molar-refractivity contribution < 1.29 is 18.3 Å². The van der Waals surface area contributed by atoms with Crippen LogP contribution in [0.25, 0.3) is 0 Å². The third kappa shape index (κ3) is 4.22. The van der Waals surface area contributed by atoms with E-state index in [0.717, 1.165) is 28.1 Å². The molecule has 1 N–H and O–H groups in total. The summed E-state index contributed by atoms with van der Waals surface area (Å²) in [5.41, 5.74) is 2.93. The Bertz CT molecular complexity index is 1230. The van der Waals surface area contributed by atoms with Crippen molar-refractivity contribution in [3.63, 3.8) is 0 Å². The molecule has 0 saturated heterocycles. The van der Waals surface area contributed by atoms with Crippen LogP contribution >= 0.6 is 27.5 Å². The van der Waals surface area contributed by atoms with Crippen LogP contribution in [0, 0.1) is 17.6 Å². The molecule has 1 aliphatic carbocycles. The zero-order valence-electron chi connectivity index (χ0n) is 17.7. The van der Waals surface area contributed by atoms with Crippen LogP contribution in [0.1, 0.15) is 35.1 Å². The molecular weight excluding hydrogens is 512 g/mol. The van der Waals surface area contributed by atoms with Gasteiger partial charge in [0.2, 0.25) is 0 Å². The Kier molecular flexibility index (Phi) is 6.06. The van der Waals surface area contributed by atoms with Crippen molar-refractivity contribution in [1.29, 1.82) is 0 Å². The van der Waals surface area contributed by atoms with Crippen molar-refractivity contribution in [3.05, 3.63) is 98.5 Å². The Morgan fingerprint density at radius 3 is 2.67 bits per heavy atom. The second-order valence-electron chi connectivity index (χ2n) is 8.28. The fourth-order valence-electron chi connectivity index (χ4n) is 4.75. The fourth-order valence-corrected chi connectivity index (χ4v) is 5.45. The summed E-state index contributed by atoms with van der Waals surface area (Å²) in [5, 5.41) is 4.00. The first-order valence-electron chi connectivity index (χ1n) is 10.6. The Morgan fingerprint density at radius 2 is 1.91 bits per heavy atom. The number of allylic oxidation sites excluding steroid dienone is 2. The topological polar surface area (TPSA) is 30.5 Å². The summed E-state index contributed by atoms with van der Waals surface area (Å²) in [4.78, 5) is 0. The maximum atomic E-state index is 14.7. The van der Waals surface area contributed by atoms with Crippen molar-refractivity contribution in [2.24, 2.45) is 5.92 Å². The van der Waals surface area contributed by atoms with Crippen LogP contribution in [0.4, 0.5) is 14.5 Å². The molecule has 33 heavy (non-hydrogen) atoms. The maximum absolute atomic E-state index is 14.7. The molecule has 7 heteroatoms. The van der Waals surface area contributed by atoms with Gasteiger partial charge < -0.3 is 14.8 Å². The monoisotopic (exact) mass is 531 g/mol. The van der Waals surface area contributed by atoms with E-state index >= 15 is 0 Å². The average Bonchev–Trinajstić information content (AvgIpc) is 3.29. The highest BCUT2D eigenvalue weighted by Crippen LogP contribution is 2.52. The van der Waals surface area contributed by atoms with Gasteiger partial charge in [-0.2, -0.15) is 0 Å². The third-order valence-electron chi connectivity index (χ3n) is 6.29. The van der Waals surface area contributed by atoms with Gasteiger partial charge in [-0.05, 0) is 75.3 Å². The number of fused-ring (bicyclic) bond motifs is 3. The predicted octanol–water partition coefficient (Wildman–Crippen LogP) is 7.79. The second kappa shape index (κ2) is 8.99. The second-order valence-corrected chi connectivity index (χ2v) is 9.57. The lowest BCUT2D eigenvalue weighted by atomic mass is 9.77. The number of anilines is 1. The average molecular weight is 533 g/mol. The summed E-state index contributed by atoms with van der Waals surface area (Å²) < 4.78 is 41.0. The van der Waals surface area contributed by atoms with E-state index in [9.17, 15) is 8.78 Å². The number of ether oxygens (including phenoxy) is 2. The van der Waals surface area contributed by atoms with Crippen molar-refractivity contribution in [2.45, 2.75) is 25.0 Å². The molecule has 3 aromatic carbocycles. The molecule has 3 aromatic rings. The van der Waals surface area contributed by atoms with Crippen LogP contribution < -0.4 is 14.8 Å². The van der Waals surface area contributed by atoms with E-state index in [1.807, 2.05) is 42.5 Å². The summed E-state index contributed by atoms with van der Waals surface area (Å²) >= 11 is 9.59. The van der Waals surface area contributed by atoms with Crippen LogP contribution in [-0.4, -0.2) is 7.11 Å². The first kappa shape index (κ1) is 22.2. The molecule has 3 nitrogen and oxygen atoms in total. The summed E-state index contributed by atoms with van der Waals surface area (Å²) in [6.07, 6.45) is 4.94. The van der Waals surface area contributed by atoms with Crippen LogP contribution in [-0.2, 0) is 6.61 Å². The van der Waals surface area contributed by atoms with E-state index < -0.39 is 11.6 Å². The van der Waals surface area contributed by atoms with Gasteiger partial charge in [0.15, 0.2) is 11.5 Å². The Balaban J connectivity index is 1.47. The zero-order chi connectivity index (χ0) is 23.1. The van der Waals surface area contributed by atoms with Crippen molar-refractivity contribution in [1.82, 2.24) is 0 Å². The molecule has 0 bridgehead atoms. The number of nitrogens with one attached hydrogen (secondary N) is 1. The van der Waals surface area contributed by atoms with E-state index in [2.05, 4.69) is 27.3 Å². The van der Waals surface area contributed by atoms with E-state index in [4.69, 9.17) is 21.1 Å². The maximum Gasteiger partial charge on any atom is 0.175 e. The van der Waals surface area contributed by atoms with Crippen LogP contribution in [0.2, 0.25) is 5.02 Å². The SMILES string of the molecule is COc1cc([C@@H]2Nc3c(F)cc(F)cc3[C@@H]3C=CC[C@@H]32)cc(Br)c1OCc1ccc(Cl)cc1. The highest BCUT2D eigenvalue weighted by atomic mass is 79.9. The van der Waals surface area contributed by atoms with Gasteiger partial charge in [-0.1, -0.05) is 35.9 Å². The van der Waals surface area contributed by atoms with Crippen LogP contribution in [0.5, 0.6) is 11.5 Å². The molecule has 0 radical (unpaired) electrons. The molecule has 5 rings (SSSR count). The summed E-state index contributed by atoms with van der Waals surface area (Å²) in [6, 6.07) is 13.5. The van der Waals surface area contributed by atoms with Gasteiger partial charge in [-0.25, -0.2) is 8.78 Å². The number of rotatable bonds is 5. The van der Waals surface area contributed by atoms with Crippen molar-refractivity contribution in [3.8, 4) is 11.5 Å². The number of halogens is 4. The summed E-state index contributed by atoms with van der Waals surface area (Å²) in [5.74, 6) is 0.0998. The molecule has 0 unspecified atom stereocenters. The molecule has 3 atom stereocenters. The minimum Gasteiger partial charge on any atom is -0.493 e. The fraction of sp³-hybridized carbons (Fsp3) is 0.231. The minimum absolute atomic E-state index is 0.0537. The molecule has 0 saturated carbocycles. The van der Waals surface area contributed by atoms with Gasteiger partial charge in [0.25, 0.3) is 0 Å². The van der Waals surface area contributed by atoms with E-state index in [-0.39, 0.29) is 17.9 Å². The molecule has 0 amide bonds. The number of hydrogen-bond donors (Lipinski definition) is 1. The quantitative estimate of drug-likeness (QED) is 0.340. The zero-order valence-corrected chi connectivity index (χ0v) is 20.1. The van der Waals surface area contributed by atoms with Gasteiger partial charge in [-0.3, -0.25) is 0 Å². The highest BCUT2D eigenvalue weighted by Gasteiger charge is 2.39. The van der Waals surface area contributed by atoms with Crippen LogP contribution in [0.15, 0.2) is 65.2 Å². The molecular formula is C26H21BrClF2NO2. The Hall–Kier alpha value is -2.57. The lowest BCUT2D eigenvalue weighted by Gasteiger charge is -2.38. The summed E-state index contributed by atoms with van der Waals surface area (Å²) in [7, 11) is 1.59. The number of hydrogen-bond acceptors (Lipinski definition) is 3. The number of methoxy groups -OCH3 is 1. The van der Waals surface area contributed by atoms with E-state index in [1.54, 1.807) is 7.11 Å². The lowest BCUT2D eigenvalue weighted by Crippen LogP contribution is -2.30. The number of benzene rings is 3. The van der Waals surface area contributed by atoms with Gasteiger partial charge in [0, 0.05) is 17.0 Å². The van der Waals surface area contributed by atoms with E-state index in [0.29, 0.717) is 34.4 Å². The van der Waals surface area contributed by atoms with E-state index in [1.165, 1.54) is 6.07 Å². The molecule has 0 fully saturated rings. The smallest absolute Gasteiger partial charge is 0.175 e. The van der Waals surface area contributed by atoms with Gasteiger partial charge in [0.1, 0.15) is 18.2 Å². The predicted molar refractivity (Wildman–Crippen MR) is 129 cm³/mol. The molecule has 170 valence electrons. The first-order valence-corrected chi connectivity index (χ1v) is 11.8. The van der Waals surface area contributed by atoms with Gasteiger partial charge >= 0.3 is 0 Å². The van der Waals surface area contributed by atoms with Gasteiger partial charge in [0.05, 0.1) is 23.3 Å².